The van der Waals surface area contributed by atoms with Gasteiger partial charge in [0, 0.05) is 15.6 Å². The third-order valence-electron chi connectivity index (χ3n) is 3.52. The maximum Gasteiger partial charge on any atom is 0.329 e. The Kier molecular flexibility index (Phi) is 7.04. The summed E-state index contributed by atoms with van der Waals surface area (Å²) in [6.07, 6.45) is 1.41. The number of ether oxygens (including phenoxy) is 1. The second-order valence-electron chi connectivity index (χ2n) is 5.55. The van der Waals surface area contributed by atoms with Gasteiger partial charge in [-0.15, -0.1) is 10.2 Å². The Morgan fingerprint density at radius 1 is 1.17 bits per heavy atom. The first kappa shape index (κ1) is 20.6. The first-order valence-corrected chi connectivity index (χ1v) is 10.1. The van der Waals surface area contributed by atoms with Gasteiger partial charge < -0.3 is 4.74 Å². The number of nitrogens with zero attached hydrogens (tertiary/aromatic N) is 3. The molecule has 0 bridgehead atoms. The molecule has 0 spiro atoms. The van der Waals surface area contributed by atoms with Gasteiger partial charge in [-0.25, -0.2) is 5.43 Å². The van der Waals surface area contributed by atoms with Crippen molar-refractivity contribution in [1.29, 1.82) is 0 Å². The van der Waals surface area contributed by atoms with Crippen LogP contribution in [0, 0.1) is 0 Å². The van der Waals surface area contributed by atoms with E-state index >= 15 is 0 Å². The van der Waals surface area contributed by atoms with Gasteiger partial charge in [0.1, 0.15) is 10.8 Å². The summed E-state index contributed by atoms with van der Waals surface area (Å²) in [5, 5.41) is 15.0. The molecule has 0 unspecified atom stereocenters. The van der Waals surface area contributed by atoms with Gasteiger partial charge in [0.2, 0.25) is 5.13 Å². The summed E-state index contributed by atoms with van der Waals surface area (Å²) in [4.78, 5) is 24.0. The molecule has 10 heteroatoms. The number of amides is 2. The van der Waals surface area contributed by atoms with Gasteiger partial charge in [-0.2, -0.15) is 5.10 Å². The number of halogens is 1. The van der Waals surface area contributed by atoms with Gasteiger partial charge >= 0.3 is 11.8 Å². The van der Waals surface area contributed by atoms with E-state index in [-0.39, 0.29) is 5.13 Å². The molecule has 0 saturated heterocycles. The number of hydrogen-bond acceptors (Lipinski definition) is 7. The molecule has 0 aliphatic heterocycles. The van der Waals surface area contributed by atoms with Crippen molar-refractivity contribution in [2.24, 2.45) is 5.10 Å². The highest BCUT2D eigenvalue weighted by Crippen LogP contribution is 2.25. The Labute approximate surface area is 179 Å². The van der Waals surface area contributed by atoms with Crippen LogP contribution in [0.2, 0.25) is 0 Å². The molecule has 0 aliphatic rings. The third-order valence-corrected chi connectivity index (χ3v) is 5.13. The number of nitrogens with one attached hydrogen (secondary N) is 2. The van der Waals surface area contributed by atoms with Crippen LogP contribution in [0.4, 0.5) is 5.13 Å². The van der Waals surface area contributed by atoms with Crippen LogP contribution in [-0.4, -0.2) is 34.8 Å². The quantitative estimate of drug-likeness (QED) is 0.324. The first-order valence-electron chi connectivity index (χ1n) is 8.52. The molecule has 3 aromatic rings. The fraction of sp³-hybridized carbons (Fsp3) is 0.105. The zero-order valence-corrected chi connectivity index (χ0v) is 17.7. The second-order valence-corrected chi connectivity index (χ2v) is 7.38. The predicted molar refractivity (Wildman–Crippen MR) is 115 cm³/mol. The van der Waals surface area contributed by atoms with Crippen molar-refractivity contribution in [3.05, 3.63) is 58.6 Å². The van der Waals surface area contributed by atoms with E-state index in [9.17, 15) is 9.59 Å². The molecule has 0 radical (unpaired) electrons. The van der Waals surface area contributed by atoms with Crippen molar-refractivity contribution < 1.29 is 14.3 Å². The lowest BCUT2D eigenvalue weighted by molar-refractivity contribution is -0.136. The van der Waals surface area contributed by atoms with E-state index in [1.807, 2.05) is 43.3 Å². The summed E-state index contributed by atoms with van der Waals surface area (Å²) in [5.74, 6) is -1.14. The maximum atomic E-state index is 12.0. The number of carbonyl (C=O) groups is 2. The maximum absolute atomic E-state index is 12.0. The minimum absolute atomic E-state index is 0.222. The van der Waals surface area contributed by atoms with E-state index < -0.39 is 11.8 Å². The van der Waals surface area contributed by atoms with Gasteiger partial charge in [0.15, 0.2) is 0 Å². The third kappa shape index (κ3) is 5.69. The van der Waals surface area contributed by atoms with E-state index in [1.54, 1.807) is 12.1 Å². The van der Waals surface area contributed by atoms with Crippen molar-refractivity contribution in [2.75, 3.05) is 11.9 Å². The summed E-state index contributed by atoms with van der Waals surface area (Å²) in [6.45, 7) is 2.42. The molecule has 148 valence electrons. The number of benzene rings is 2. The smallest absolute Gasteiger partial charge is 0.329 e. The van der Waals surface area contributed by atoms with Gasteiger partial charge in [-0.05, 0) is 25.1 Å². The molecule has 0 atom stereocenters. The van der Waals surface area contributed by atoms with Gasteiger partial charge in [0.25, 0.3) is 0 Å². The number of rotatable bonds is 6. The Balaban J connectivity index is 1.57. The van der Waals surface area contributed by atoms with E-state index in [0.29, 0.717) is 22.9 Å². The highest BCUT2D eigenvalue weighted by Gasteiger charge is 2.16. The molecule has 29 heavy (non-hydrogen) atoms. The minimum Gasteiger partial charge on any atom is -0.494 e. The first-order chi connectivity index (χ1) is 14.1. The molecular formula is C19H16BrN5O3S. The molecule has 2 aromatic carbocycles. The van der Waals surface area contributed by atoms with Crippen LogP contribution in [0.1, 0.15) is 12.5 Å². The standard InChI is InChI=1S/C19H16BrN5O3S/c1-2-28-14-8-9-15(20)13(10-14)11-21-23-17(27)16(26)22-19-25-24-18(29-19)12-6-4-3-5-7-12/h3-11H,2H2,1H3,(H,23,27)(H,22,25,26)/b21-11-. The lowest BCUT2D eigenvalue weighted by atomic mass is 10.2. The van der Waals surface area contributed by atoms with Crippen LogP contribution in [0.25, 0.3) is 10.6 Å². The van der Waals surface area contributed by atoms with Gasteiger partial charge in [0.05, 0.1) is 12.8 Å². The summed E-state index contributed by atoms with van der Waals surface area (Å²) in [5.41, 5.74) is 3.74. The lowest BCUT2D eigenvalue weighted by Gasteiger charge is -2.05. The molecular weight excluding hydrogens is 458 g/mol. The Bertz CT molecular complexity index is 1040. The van der Waals surface area contributed by atoms with Crippen LogP contribution >= 0.6 is 27.3 Å². The van der Waals surface area contributed by atoms with Crippen molar-refractivity contribution in [1.82, 2.24) is 15.6 Å². The van der Waals surface area contributed by atoms with Crippen LogP contribution in [-0.2, 0) is 9.59 Å². The van der Waals surface area contributed by atoms with E-state index in [2.05, 4.69) is 42.0 Å². The van der Waals surface area contributed by atoms with Crippen LogP contribution in [0.15, 0.2) is 58.1 Å². The highest BCUT2D eigenvalue weighted by atomic mass is 79.9. The van der Waals surface area contributed by atoms with Crippen LogP contribution < -0.4 is 15.5 Å². The van der Waals surface area contributed by atoms with Crippen molar-refractivity contribution >= 4 is 50.4 Å². The van der Waals surface area contributed by atoms with Crippen LogP contribution in [0.3, 0.4) is 0 Å². The number of anilines is 1. The zero-order chi connectivity index (χ0) is 20.6. The van der Waals surface area contributed by atoms with E-state index in [4.69, 9.17) is 4.74 Å². The second kappa shape index (κ2) is 9.89. The van der Waals surface area contributed by atoms with Crippen LogP contribution in [0.5, 0.6) is 5.75 Å². The number of aromatic nitrogens is 2. The molecule has 3 rings (SSSR count). The average molecular weight is 474 g/mol. The monoisotopic (exact) mass is 473 g/mol. The van der Waals surface area contributed by atoms with Crippen molar-refractivity contribution in [2.45, 2.75) is 6.92 Å². The molecule has 8 nitrogen and oxygen atoms in total. The largest absolute Gasteiger partial charge is 0.494 e. The molecule has 2 amide bonds. The number of hydrazone groups is 1. The van der Waals surface area contributed by atoms with Crippen molar-refractivity contribution in [3.63, 3.8) is 0 Å². The summed E-state index contributed by atoms with van der Waals surface area (Å²) in [7, 11) is 0. The SMILES string of the molecule is CCOc1ccc(Br)c(/C=N\NC(=O)C(=O)Nc2nnc(-c3ccccc3)s2)c1. The molecule has 2 N–H and O–H groups in total. The fourth-order valence-electron chi connectivity index (χ4n) is 2.21. The summed E-state index contributed by atoms with van der Waals surface area (Å²) >= 11 is 4.56. The van der Waals surface area contributed by atoms with E-state index in [0.717, 1.165) is 10.0 Å². The topological polar surface area (TPSA) is 106 Å². The predicted octanol–water partition coefficient (Wildman–Crippen LogP) is 3.46. The lowest BCUT2D eigenvalue weighted by Crippen LogP contribution is -2.32. The highest BCUT2D eigenvalue weighted by molar-refractivity contribution is 9.10. The number of carbonyl (C=O) groups excluding carboxylic acids is 2. The summed E-state index contributed by atoms with van der Waals surface area (Å²) < 4.78 is 6.19. The van der Waals surface area contributed by atoms with E-state index in [1.165, 1.54) is 17.6 Å². The molecule has 0 saturated carbocycles. The Morgan fingerprint density at radius 3 is 2.72 bits per heavy atom. The number of hydrogen-bond donors (Lipinski definition) is 2. The minimum atomic E-state index is -0.921. The molecule has 1 heterocycles. The Morgan fingerprint density at radius 2 is 1.97 bits per heavy atom. The zero-order valence-electron chi connectivity index (χ0n) is 15.3. The van der Waals surface area contributed by atoms with Gasteiger partial charge in [-0.1, -0.05) is 57.6 Å². The Hall–Kier alpha value is -3.11. The van der Waals surface area contributed by atoms with Gasteiger partial charge in [-0.3, -0.25) is 14.9 Å². The van der Waals surface area contributed by atoms with Crippen molar-refractivity contribution in [3.8, 4) is 16.3 Å². The average Bonchev–Trinajstić information content (AvgIpc) is 3.19. The fourth-order valence-corrected chi connectivity index (χ4v) is 3.31. The normalized spacial score (nSPS) is 10.7. The summed E-state index contributed by atoms with van der Waals surface area (Å²) in [6, 6.07) is 14.8. The molecule has 0 fully saturated rings. The molecule has 0 aliphatic carbocycles. The molecule has 1 aromatic heterocycles.